The smallest absolute Gasteiger partial charge is 0.381 e. The Labute approximate surface area is 122 Å². The van der Waals surface area contributed by atoms with Crippen molar-refractivity contribution in [3.63, 3.8) is 0 Å². The minimum Gasteiger partial charge on any atom is -0.381 e. The Morgan fingerprint density at radius 2 is 1.76 bits per heavy atom. The minimum atomic E-state index is -4.39. The van der Waals surface area contributed by atoms with E-state index in [1.807, 2.05) is 0 Å². The van der Waals surface area contributed by atoms with E-state index in [4.69, 9.17) is 4.74 Å². The molecule has 122 valence electrons. The van der Waals surface area contributed by atoms with Gasteiger partial charge in [-0.3, -0.25) is 0 Å². The Morgan fingerprint density at radius 3 is 2.43 bits per heavy atom. The highest BCUT2D eigenvalue weighted by atomic mass is 19.4. The van der Waals surface area contributed by atoms with Gasteiger partial charge in [0.2, 0.25) is 0 Å². The van der Waals surface area contributed by atoms with Gasteiger partial charge in [0.15, 0.2) is 0 Å². The maximum absolute atomic E-state index is 13.1. The van der Waals surface area contributed by atoms with E-state index in [0.29, 0.717) is 32.5 Å². The van der Waals surface area contributed by atoms with Crippen molar-refractivity contribution >= 4 is 6.03 Å². The van der Waals surface area contributed by atoms with Crippen LogP contribution in [0.25, 0.3) is 0 Å². The maximum Gasteiger partial charge on any atom is 0.408 e. The monoisotopic (exact) mass is 308 g/mol. The fourth-order valence-corrected chi connectivity index (χ4v) is 3.17. The second-order valence-electron chi connectivity index (χ2n) is 5.92. The molecule has 21 heavy (non-hydrogen) atoms. The van der Waals surface area contributed by atoms with Crippen molar-refractivity contribution in [3.8, 4) is 0 Å². The topological polar surface area (TPSA) is 50.4 Å². The van der Waals surface area contributed by atoms with Gasteiger partial charge >= 0.3 is 12.2 Å². The van der Waals surface area contributed by atoms with Gasteiger partial charge < -0.3 is 15.4 Å². The number of halogens is 3. The highest BCUT2D eigenvalue weighted by molar-refractivity contribution is 5.74. The number of ether oxygens (including phenoxy) is 1. The molecule has 1 aliphatic carbocycles. The van der Waals surface area contributed by atoms with Crippen molar-refractivity contribution in [1.29, 1.82) is 0 Å². The van der Waals surface area contributed by atoms with E-state index in [-0.39, 0.29) is 6.04 Å². The van der Waals surface area contributed by atoms with E-state index in [0.717, 1.165) is 25.7 Å². The molecule has 0 aromatic heterocycles. The van der Waals surface area contributed by atoms with Crippen LogP contribution in [0.5, 0.6) is 0 Å². The molecule has 1 heterocycles. The Kier molecular flexibility index (Phi) is 5.72. The Morgan fingerprint density at radius 1 is 1.05 bits per heavy atom. The van der Waals surface area contributed by atoms with Crippen LogP contribution in [0, 0.1) is 5.92 Å². The van der Waals surface area contributed by atoms with Gasteiger partial charge in [-0.1, -0.05) is 12.8 Å². The van der Waals surface area contributed by atoms with E-state index in [1.165, 1.54) is 0 Å². The molecule has 0 aromatic carbocycles. The van der Waals surface area contributed by atoms with Crippen molar-refractivity contribution in [3.05, 3.63) is 0 Å². The molecule has 0 aromatic rings. The summed E-state index contributed by atoms with van der Waals surface area (Å²) in [6.45, 7) is 1.18. The molecule has 0 spiro atoms. The molecule has 0 bridgehead atoms. The zero-order valence-corrected chi connectivity index (χ0v) is 12.0. The number of urea groups is 1. The largest absolute Gasteiger partial charge is 0.408 e. The number of rotatable bonds is 3. The van der Waals surface area contributed by atoms with Crippen LogP contribution in [0.2, 0.25) is 0 Å². The van der Waals surface area contributed by atoms with Crippen LogP contribution in [0.3, 0.4) is 0 Å². The predicted octanol–water partition coefficient (Wildman–Crippen LogP) is 2.98. The van der Waals surface area contributed by atoms with Crippen molar-refractivity contribution in [1.82, 2.24) is 10.6 Å². The Balaban J connectivity index is 1.88. The number of amides is 2. The summed E-state index contributed by atoms with van der Waals surface area (Å²) in [5.41, 5.74) is 0. The SMILES string of the molecule is O=C(NC1CCCOCC1)NC(C1CCCC1)C(F)(F)F. The molecular weight excluding hydrogens is 285 g/mol. The van der Waals surface area contributed by atoms with Gasteiger partial charge in [0, 0.05) is 19.3 Å². The second kappa shape index (κ2) is 7.33. The molecule has 0 radical (unpaired) electrons. The minimum absolute atomic E-state index is 0.107. The first kappa shape index (κ1) is 16.4. The maximum atomic E-state index is 13.1. The van der Waals surface area contributed by atoms with Gasteiger partial charge in [-0.2, -0.15) is 13.2 Å². The van der Waals surface area contributed by atoms with Crippen molar-refractivity contribution in [2.45, 2.75) is 63.2 Å². The number of hydrogen-bond acceptors (Lipinski definition) is 2. The van der Waals surface area contributed by atoms with E-state index in [2.05, 4.69) is 10.6 Å². The summed E-state index contributed by atoms with van der Waals surface area (Å²) in [4.78, 5) is 11.9. The van der Waals surface area contributed by atoms with Crippen LogP contribution >= 0.6 is 0 Å². The van der Waals surface area contributed by atoms with E-state index < -0.39 is 24.2 Å². The lowest BCUT2D eigenvalue weighted by Gasteiger charge is -2.28. The third-order valence-electron chi connectivity index (χ3n) is 4.30. The van der Waals surface area contributed by atoms with Crippen molar-refractivity contribution < 1.29 is 22.7 Å². The van der Waals surface area contributed by atoms with Gasteiger partial charge in [-0.05, 0) is 38.0 Å². The molecule has 2 aliphatic rings. The van der Waals surface area contributed by atoms with Gasteiger partial charge in [-0.25, -0.2) is 4.79 Å². The molecule has 7 heteroatoms. The van der Waals surface area contributed by atoms with Crippen LogP contribution in [-0.4, -0.2) is 37.5 Å². The van der Waals surface area contributed by atoms with Gasteiger partial charge in [0.25, 0.3) is 0 Å². The first-order valence-electron chi connectivity index (χ1n) is 7.68. The zero-order valence-electron chi connectivity index (χ0n) is 12.0. The molecular formula is C14H23F3N2O2. The molecule has 2 fully saturated rings. The lowest BCUT2D eigenvalue weighted by atomic mass is 9.98. The van der Waals surface area contributed by atoms with Crippen LogP contribution < -0.4 is 10.6 Å². The number of alkyl halides is 3. The van der Waals surface area contributed by atoms with Crippen molar-refractivity contribution in [2.75, 3.05) is 13.2 Å². The van der Waals surface area contributed by atoms with E-state index in [1.54, 1.807) is 0 Å². The number of hydrogen-bond donors (Lipinski definition) is 2. The third kappa shape index (κ3) is 5.05. The summed E-state index contributed by atoms with van der Waals surface area (Å²) >= 11 is 0. The van der Waals surface area contributed by atoms with Crippen LogP contribution in [-0.2, 0) is 4.74 Å². The van der Waals surface area contributed by atoms with Crippen LogP contribution in [0.1, 0.15) is 44.9 Å². The summed E-state index contributed by atoms with van der Waals surface area (Å²) < 4.78 is 44.6. The standard InChI is InChI=1S/C14H23F3N2O2/c15-14(16,17)12(10-4-1-2-5-10)19-13(20)18-11-6-3-8-21-9-7-11/h10-12H,1-9H2,(H2,18,19,20). The first-order chi connectivity index (χ1) is 9.97. The first-order valence-corrected chi connectivity index (χ1v) is 7.68. The quantitative estimate of drug-likeness (QED) is 0.842. The Bertz CT molecular complexity index is 336. The summed E-state index contributed by atoms with van der Waals surface area (Å²) in [6.07, 6.45) is 0.487. The van der Waals surface area contributed by atoms with Gasteiger partial charge in [-0.15, -0.1) is 0 Å². The molecule has 1 saturated heterocycles. The third-order valence-corrected chi connectivity index (χ3v) is 4.30. The molecule has 2 atom stereocenters. The van der Waals surface area contributed by atoms with Crippen molar-refractivity contribution in [2.24, 2.45) is 5.92 Å². The molecule has 2 rings (SSSR count). The number of carbonyl (C=O) groups is 1. The highest BCUT2D eigenvalue weighted by Gasteiger charge is 2.46. The molecule has 2 N–H and O–H groups in total. The lowest BCUT2D eigenvalue weighted by molar-refractivity contribution is -0.164. The number of nitrogens with one attached hydrogen (secondary N) is 2. The van der Waals surface area contributed by atoms with Crippen LogP contribution in [0.15, 0.2) is 0 Å². The highest BCUT2D eigenvalue weighted by Crippen LogP contribution is 2.35. The average molecular weight is 308 g/mol. The zero-order chi connectivity index (χ0) is 15.3. The van der Waals surface area contributed by atoms with Gasteiger partial charge in [0.1, 0.15) is 6.04 Å². The molecule has 2 amide bonds. The Hall–Kier alpha value is -0.980. The van der Waals surface area contributed by atoms with Crippen LogP contribution in [0.4, 0.5) is 18.0 Å². The summed E-state index contributed by atoms with van der Waals surface area (Å²) in [5, 5.41) is 4.81. The average Bonchev–Trinajstić information content (AvgIpc) is 2.80. The molecule has 2 unspecified atom stereocenters. The predicted molar refractivity (Wildman–Crippen MR) is 71.9 cm³/mol. The fraction of sp³-hybridized carbons (Fsp3) is 0.929. The second-order valence-corrected chi connectivity index (χ2v) is 5.92. The molecule has 1 aliphatic heterocycles. The molecule has 4 nitrogen and oxygen atoms in total. The van der Waals surface area contributed by atoms with Gasteiger partial charge in [0.05, 0.1) is 0 Å². The summed E-state index contributed by atoms with van der Waals surface area (Å²) in [6, 6.07) is -2.55. The summed E-state index contributed by atoms with van der Waals surface area (Å²) in [5.74, 6) is -0.492. The normalized spacial score (nSPS) is 26.1. The van der Waals surface area contributed by atoms with E-state index in [9.17, 15) is 18.0 Å². The van der Waals surface area contributed by atoms with E-state index >= 15 is 0 Å². The molecule has 1 saturated carbocycles. The fourth-order valence-electron chi connectivity index (χ4n) is 3.17. The number of carbonyl (C=O) groups excluding carboxylic acids is 1. The lowest BCUT2D eigenvalue weighted by Crippen LogP contribution is -2.54. The summed E-state index contributed by atoms with van der Waals surface area (Å²) in [7, 11) is 0.